The van der Waals surface area contributed by atoms with E-state index in [1.807, 2.05) is 0 Å². The molecule has 0 fully saturated rings. The lowest BCUT2D eigenvalue weighted by molar-refractivity contribution is -0.139. The fourth-order valence-electron chi connectivity index (χ4n) is 4.21. The minimum atomic E-state index is -1.05. The van der Waals surface area contributed by atoms with Gasteiger partial charge in [-0.05, 0) is 67.0 Å². The highest BCUT2D eigenvalue weighted by Crippen LogP contribution is 2.45. The molecule has 0 saturated heterocycles. The van der Waals surface area contributed by atoms with Crippen LogP contribution in [0.5, 0.6) is 0 Å². The number of nitrogens with one attached hydrogen (secondary N) is 1. The second kappa shape index (κ2) is 14.6. The molecule has 42 heavy (non-hydrogen) atoms. The number of carbonyl (C=O) groups is 4. The Balaban J connectivity index is 2.67. The number of hydrogen-bond donors (Lipinski definition) is 1. The summed E-state index contributed by atoms with van der Waals surface area (Å²) < 4.78 is 27.2. The Hall–Kier alpha value is -3.57. The number of esters is 2. The van der Waals surface area contributed by atoms with E-state index in [0.29, 0.717) is 5.56 Å². The standard InChI is InChI=1S/C30H41ClN2O9/c1-10-40-26(35)24-21(17-39-16-15-32-27(36)41-29(3,4)5)33(28(37)42-30(6,7)8)18(2)22(25(34)38-9)23(24)19-13-11-12-14-20(19)31/h11-14,23H,10,15-17H2,1-9H3,(H,32,36). The van der Waals surface area contributed by atoms with Gasteiger partial charge in [0.25, 0.3) is 0 Å². The molecule has 0 radical (unpaired) electrons. The zero-order valence-corrected chi connectivity index (χ0v) is 26.5. The summed E-state index contributed by atoms with van der Waals surface area (Å²) in [6.07, 6.45) is -1.46. The number of halogens is 1. The normalized spacial score (nSPS) is 15.8. The summed E-state index contributed by atoms with van der Waals surface area (Å²) in [4.78, 5) is 53.6. The van der Waals surface area contributed by atoms with Crippen molar-refractivity contribution in [2.24, 2.45) is 0 Å². The summed E-state index contributed by atoms with van der Waals surface area (Å²) in [6.45, 7) is 13.3. The predicted molar refractivity (Wildman–Crippen MR) is 156 cm³/mol. The summed E-state index contributed by atoms with van der Waals surface area (Å²) >= 11 is 6.58. The van der Waals surface area contributed by atoms with E-state index in [9.17, 15) is 19.2 Å². The third-order valence-corrected chi connectivity index (χ3v) is 6.07. The molecule has 0 spiro atoms. The minimum absolute atomic E-state index is 0.00435. The molecule has 1 aromatic carbocycles. The molecule has 1 atom stereocenters. The number of benzene rings is 1. The van der Waals surface area contributed by atoms with E-state index < -0.39 is 41.2 Å². The first kappa shape index (κ1) is 34.6. The van der Waals surface area contributed by atoms with Crippen LogP contribution in [0.3, 0.4) is 0 Å². The topological polar surface area (TPSA) is 130 Å². The number of carbonyl (C=O) groups excluding carboxylic acids is 4. The third kappa shape index (κ3) is 9.22. The summed E-state index contributed by atoms with van der Waals surface area (Å²) in [5, 5.41) is 2.87. The average molecular weight is 609 g/mol. The number of ether oxygens (including phenoxy) is 5. The zero-order chi connectivity index (χ0) is 31.8. The largest absolute Gasteiger partial charge is 0.466 e. The van der Waals surface area contributed by atoms with Crippen LogP contribution in [0.1, 0.15) is 66.9 Å². The Kier molecular flexibility index (Phi) is 12.0. The van der Waals surface area contributed by atoms with Crippen LogP contribution in [0.4, 0.5) is 9.59 Å². The Morgan fingerprint density at radius 3 is 2.12 bits per heavy atom. The van der Waals surface area contributed by atoms with Gasteiger partial charge in [-0.25, -0.2) is 19.2 Å². The number of nitrogens with zero attached hydrogens (tertiary/aromatic N) is 1. The van der Waals surface area contributed by atoms with Gasteiger partial charge < -0.3 is 29.0 Å². The average Bonchev–Trinajstić information content (AvgIpc) is 2.86. The molecule has 1 N–H and O–H groups in total. The van der Waals surface area contributed by atoms with E-state index in [0.717, 1.165) is 4.90 Å². The summed E-state index contributed by atoms with van der Waals surface area (Å²) in [5.41, 5.74) is -0.924. The van der Waals surface area contributed by atoms with Crippen molar-refractivity contribution in [1.29, 1.82) is 0 Å². The van der Waals surface area contributed by atoms with Crippen LogP contribution in [0.2, 0.25) is 5.02 Å². The lowest BCUT2D eigenvalue weighted by Crippen LogP contribution is -2.43. The number of hydrogen-bond acceptors (Lipinski definition) is 9. The van der Waals surface area contributed by atoms with E-state index in [-0.39, 0.29) is 53.9 Å². The maximum atomic E-state index is 13.6. The molecule has 11 nitrogen and oxygen atoms in total. The van der Waals surface area contributed by atoms with Crippen molar-refractivity contribution < 1.29 is 42.9 Å². The monoisotopic (exact) mass is 608 g/mol. The van der Waals surface area contributed by atoms with Crippen LogP contribution in [-0.2, 0) is 33.3 Å². The van der Waals surface area contributed by atoms with E-state index in [1.54, 1.807) is 79.7 Å². The van der Waals surface area contributed by atoms with Gasteiger partial charge in [-0.3, -0.25) is 4.90 Å². The molecule has 1 aliphatic heterocycles. The highest BCUT2D eigenvalue weighted by molar-refractivity contribution is 6.31. The van der Waals surface area contributed by atoms with Gasteiger partial charge in [0.2, 0.25) is 0 Å². The van der Waals surface area contributed by atoms with E-state index in [1.165, 1.54) is 7.11 Å². The highest BCUT2D eigenvalue weighted by atomic mass is 35.5. The van der Waals surface area contributed by atoms with E-state index in [4.69, 9.17) is 35.3 Å². The molecule has 1 aromatic rings. The lowest BCUT2D eigenvalue weighted by Gasteiger charge is -2.38. The molecule has 0 bridgehead atoms. The molecule has 0 aromatic heterocycles. The summed E-state index contributed by atoms with van der Waals surface area (Å²) in [5.74, 6) is -2.60. The van der Waals surface area contributed by atoms with Gasteiger partial charge in [0.05, 0.1) is 49.7 Å². The van der Waals surface area contributed by atoms with Crippen LogP contribution < -0.4 is 5.32 Å². The van der Waals surface area contributed by atoms with Gasteiger partial charge in [-0.2, -0.15) is 0 Å². The Bertz CT molecular complexity index is 1240. The van der Waals surface area contributed by atoms with E-state index >= 15 is 0 Å². The minimum Gasteiger partial charge on any atom is -0.466 e. The van der Waals surface area contributed by atoms with Crippen molar-refractivity contribution in [1.82, 2.24) is 10.2 Å². The molecule has 0 aliphatic carbocycles. The fourth-order valence-corrected chi connectivity index (χ4v) is 4.45. The van der Waals surface area contributed by atoms with Crippen molar-refractivity contribution in [3.63, 3.8) is 0 Å². The molecular formula is C30H41ClN2O9. The number of rotatable bonds is 9. The van der Waals surface area contributed by atoms with Crippen molar-refractivity contribution in [2.75, 3.05) is 33.5 Å². The number of methoxy groups -OCH3 is 1. The molecule has 1 heterocycles. The van der Waals surface area contributed by atoms with E-state index in [2.05, 4.69) is 5.32 Å². The number of alkyl carbamates (subject to hydrolysis) is 1. The maximum absolute atomic E-state index is 13.6. The van der Waals surface area contributed by atoms with Crippen LogP contribution in [0, 0.1) is 0 Å². The molecule has 12 heteroatoms. The zero-order valence-electron chi connectivity index (χ0n) is 25.7. The molecule has 232 valence electrons. The van der Waals surface area contributed by atoms with Crippen LogP contribution in [-0.4, -0.2) is 73.7 Å². The second-order valence-corrected chi connectivity index (χ2v) is 11.7. The predicted octanol–water partition coefficient (Wildman–Crippen LogP) is 5.48. The first-order valence-electron chi connectivity index (χ1n) is 13.5. The van der Waals surface area contributed by atoms with Gasteiger partial charge in [0, 0.05) is 17.3 Å². The highest BCUT2D eigenvalue weighted by Gasteiger charge is 2.45. The lowest BCUT2D eigenvalue weighted by atomic mass is 9.79. The Morgan fingerprint density at radius 2 is 1.57 bits per heavy atom. The molecule has 2 amide bonds. The summed E-state index contributed by atoms with van der Waals surface area (Å²) in [6, 6.07) is 6.73. The molecular weight excluding hydrogens is 568 g/mol. The second-order valence-electron chi connectivity index (χ2n) is 11.3. The smallest absolute Gasteiger partial charge is 0.419 e. The van der Waals surface area contributed by atoms with Gasteiger partial charge >= 0.3 is 24.1 Å². The van der Waals surface area contributed by atoms with Crippen LogP contribution in [0.25, 0.3) is 0 Å². The van der Waals surface area contributed by atoms with Gasteiger partial charge in [-0.15, -0.1) is 0 Å². The number of allylic oxidation sites excluding steroid dienone is 1. The van der Waals surface area contributed by atoms with Crippen molar-refractivity contribution in [3.8, 4) is 0 Å². The van der Waals surface area contributed by atoms with Crippen molar-refractivity contribution in [3.05, 3.63) is 57.4 Å². The van der Waals surface area contributed by atoms with Gasteiger partial charge in [0.1, 0.15) is 11.2 Å². The first-order chi connectivity index (χ1) is 19.5. The van der Waals surface area contributed by atoms with Crippen LogP contribution in [0.15, 0.2) is 46.8 Å². The SMILES string of the molecule is CCOC(=O)C1=C(COCCNC(=O)OC(C)(C)C)N(C(=O)OC(C)(C)C)C(C)=C(C(=O)OC)C1c1ccccc1Cl. The van der Waals surface area contributed by atoms with Crippen molar-refractivity contribution in [2.45, 2.75) is 72.5 Å². The molecule has 0 saturated carbocycles. The fraction of sp³-hybridized carbons (Fsp3) is 0.533. The Morgan fingerprint density at radius 1 is 0.952 bits per heavy atom. The maximum Gasteiger partial charge on any atom is 0.419 e. The molecule has 2 rings (SSSR count). The quantitative estimate of drug-likeness (QED) is 0.220. The van der Waals surface area contributed by atoms with Gasteiger partial charge in [0.15, 0.2) is 0 Å². The van der Waals surface area contributed by atoms with Gasteiger partial charge in [-0.1, -0.05) is 29.8 Å². The first-order valence-corrected chi connectivity index (χ1v) is 13.9. The Labute approximate surface area is 252 Å². The number of amides is 2. The van der Waals surface area contributed by atoms with Crippen molar-refractivity contribution >= 4 is 35.7 Å². The molecule has 1 aliphatic rings. The third-order valence-electron chi connectivity index (χ3n) is 5.73. The summed E-state index contributed by atoms with van der Waals surface area (Å²) in [7, 11) is 1.20. The van der Waals surface area contributed by atoms with Crippen LogP contribution >= 0.6 is 11.6 Å². The molecule has 1 unspecified atom stereocenters.